The molecule has 0 aliphatic heterocycles. The summed E-state index contributed by atoms with van der Waals surface area (Å²) >= 11 is 0. The van der Waals surface area contributed by atoms with Crippen molar-refractivity contribution in [3.05, 3.63) is 113 Å². The number of hydrogen-bond acceptors (Lipinski definition) is 4. The van der Waals surface area contributed by atoms with Crippen LogP contribution in [0.3, 0.4) is 0 Å². The molecule has 0 heterocycles. The summed E-state index contributed by atoms with van der Waals surface area (Å²) in [5.74, 6) is -0.642. The van der Waals surface area contributed by atoms with Gasteiger partial charge in [-0.15, -0.1) is 0 Å². The lowest BCUT2D eigenvalue weighted by Crippen LogP contribution is -2.53. The zero-order valence-corrected chi connectivity index (χ0v) is 29.3. The Labute approximate surface area is 286 Å². The second-order valence-electron chi connectivity index (χ2n) is 13.6. The number of carbonyl (C=O) groups is 3. The third-order valence-electron chi connectivity index (χ3n) is 8.36. The molecule has 0 radical (unpaired) electrons. The number of fused-ring (bicyclic) bond motifs is 1. The lowest BCUT2D eigenvalue weighted by atomic mass is 9.95. The Morgan fingerprint density at radius 1 is 0.792 bits per heavy atom. The molecule has 4 rings (SSSR count). The van der Waals surface area contributed by atoms with Crippen LogP contribution in [0, 0.1) is 13.8 Å². The van der Waals surface area contributed by atoms with E-state index >= 15 is 0 Å². The van der Waals surface area contributed by atoms with Crippen molar-refractivity contribution < 1.29 is 19.1 Å². The predicted molar refractivity (Wildman–Crippen MR) is 195 cm³/mol. The number of nitrogens with one attached hydrogen (secondary N) is 2. The summed E-state index contributed by atoms with van der Waals surface area (Å²) in [6.45, 7) is 11.8. The van der Waals surface area contributed by atoms with E-state index in [4.69, 9.17) is 4.74 Å². The SMILES string of the molecule is CCCCCCCN(C(=O)C(Cc1ccccc1)NC(=O)OC(C)(C)C)C(C(=O)Nc1ccc2ccccc2c1)c1cc(C)ccc1C. The Hall–Kier alpha value is -4.65. The van der Waals surface area contributed by atoms with Crippen molar-refractivity contribution in [1.29, 1.82) is 0 Å². The second kappa shape index (κ2) is 17.0. The highest BCUT2D eigenvalue weighted by Crippen LogP contribution is 2.30. The Bertz CT molecular complexity index is 1680. The van der Waals surface area contributed by atoms with Gasteiger partial charge in [-0.3, -0.25) is 9.59 Å². The zero-order valence-electron chi connectivity index (χ0n) is 29.3. The maximum absolute atomic E-state index is 14.9. The van der Waals surface area contributed by atoms with Crippen LogP contribution in [0.2, 0.25) is 0 Å². The summed E-state index contributed by atoms with van der Waals surface area (Å²) in [7, 11) is 0. The van der Waals surface area contributed by atoms with E-state index in [0.29, 0.717) is 12.2 Å². The molecule has 7 nitrogen and oxygen atoms in total. The summed E-state index contributed by atoms with van der Waals surface area (Å²) in [6.07, 6.45) is 4.46. The van der Waals surface area contributed by atoms with Crippen LogP contribution in [-0.4, -0.2) is 41.0 Å². The minimum Gasteiger partial charge on any atom is -0.444 e. The number of nitrogens with zero attached hydrogens (tertiary/aromatic N) is 1. The van der Waals surface area contributed by atoms with Crippen LogP contribution in [0.5, 0.6) is 0 Å². The van der Waals surface area contributed by atoms with E-state index in [1.54, 1.807) is 25.7 Å². The van der Waals surface area contributed by atoms with Crippen molar-refractivity contribution >= 4 is 34.4 Å². The molecule has 4 aromatic carbocycles. The summed E-state index contributed by atoms with van der Waals surface area (Å²) in [6, 6.07) is 27.5. The van der Waals surface area contributed by atoms with Crippen molar-refractivity contribution in [2.24, 2.45) is 0 Å². The first-order chi connectivity index (χ1) is 22.9. The fraction of sp³-hybridized carbons (Fsp3) is 0.390. The van der Waals surface area contributed by atoms with Gasteiger partial charge in [-0.1, -0.05) is 117 Å². The van der Waals surface area contributed by atoms with Crippen LogP contribution in [0.25, 0.3) is 10.8 Å². The molecular formula is C41H51N3O4. The molecule has 2 atom stereocenters. The van der Waals surface area contributed by atoms with Crippen molar-refractivity contribution in [2.75, 3.05) is 11.9 Å². The quantitative estimate of drug-likeness (QED) is 0.133. The minimum absolute atomic E-state index is 0.247. The van der Waals surface area contributed by atoms with Crippen molar-refractivity contribution in [2.45, 2.75) is 97.8 Å². The molecule has 0 fully saturated rings. The highest BCUT2D eigenvalue weighted by molar-refractivity contribution is 6.00. The van der Waals surface area contributed by atoms with Crippen molar-refractivity contribution in [3.8, 4) is 0 Å². The van der Waals surface area contributed by atoms with Gasteiger partial charge >= 0.3 is 6.09 Å². The largest absolute Gasteiger partial charge is 0.444 e. The molecule has 2 unspecified atom stereocenters. The van der Waals surface area contributed by atoms with Crippen LogP contribution in [0.15, 0.2) is 91.0 Å². The van der Waals surface area contributed by atoms with E-state index in [-0.39, 0.29) is 18.2 Å². The van der Waals surface area contributed by atoms with E-state index in [9.17, 15) is 14.4 Å². The lowest BCUT2D eigenvalue weighted by Gasteiger charge is -2.35. The van der Waals surface area contributed by atoms with Gasteiger partial charge in [0, 0.05) is 18.7 Å². The van der Waals surface area contributed by atoms with Gasteiger partial charge in [0.25, 0.3) is 5.91 Å². The number of hydrogen-bond donors (Lipinski definition) is 2. The summed E-state index contributed by atoms with van der Waals surface area (Å²) < 4.78 is 5.60. The number of benzene rings is 4. The topological polar surface area (TPSA) is 87.7 Å². The number of aryl methyl sites for hydroxylation is 2. The Balaban J connectivity index is 1.77. The highest BCUT2D eigenvalue weighted by atomic mass is 16.6. The number of anilines is 1. The number of carbonyl (C=O) groups excluding carboxylic acids is 3. The molecule has 0 aliphatic carbocycles. The van der Waals surface area contributed by atoms with Crippen molar-refractivity contribution in [3.63, 3.8) is 0 Å². The molecule has 4 aromatic rings. The van der Waals surface area contributed by atoms with Crippen LogP contribution in [-0.2, 0) is 20.7 Å². The number of unbranched alkanes of at least 4 members (excludes halogenated alkanes) is 4. The smallest absolute Gasteiger partial charge is 0.408 e. The minimum atomic E-state index is -0.959. The molecule has 254 valence electrons. The van der Waals surface area contributed by atoms with Gasteiger partial charge in [0.15, 0.2) is 0 Å². The Morgan fingerprint density at radius 3 is 2.19 bits per heavy atom. The molecule has 0 aromatic heterocycles. The summed E-state index contributed by atoms with van der Waals surface area (Å²) in [4.78, 5) is 44.3. The van der Waals surface area contributed by atoms with Crippen LogP contribution < -0.4 is 10.6 Å². The predicted octanol–water partition coefficient (Wildman–Crippen LogP) is 9.07. The third kappa shape index (κ3) is 10.4. The monoisotopic (exact) mass is 649 g/mol. The van der Waals surface area contributed by atoms with E-state index in [1.165, 1.54) is 0 Å². The van der Waals surface area contributed by atoms with Crippen molar-refractivity contribution in [1.82, 2.24) is 10.2 Å². The number of rotatable bonds is 14. The van der Waals surface area contributed by atoms with E-state index in [1.807, 2.05) is 105 Å². The van der Waals surface area contributed by atoms with Crippen LogP contribution in [0.1, 0.15) is 88.1 Å². The maximum Gasteiger partial charge on any atom is 0.408 e. The van der Waals surface area contributed by atoms with Gasteiger partial charge in [-0.2, -0.15) is 0 Å². The fourth-order valence-corrected chi connectivity index (χ4v) is 5.93. The molecule has 2 N–H and O–H groups in total. The van der Waals surface area contributed by atoms with Crippen LogP contribution >= 0.6 is 0 Å². The molecule has 0 bridgehead atoms. The highest BCUT2D eigenvalue weighted by Gasteiger charge is 2.37. The van der Waals surface area contributed by atoms with E-state index in [0.717, 1.165) is 65.1 Å². The van der Waals surface area contributed by atoms with Gasteiger partial charge < -0.3 is 20.3 Å². The Kier molecular flexibility index (Phi) is 12.8. The molecule has 0 aliphatic rings. The van der Waals surface area contributed by atoms with Gasteiger partial charge in [0.2, 0.25) is 5.91 Å². The van der Waals surface area contributed by atoms with Crippen LogP contribution in [0.4, 0.5) is 10.5 Å². The van der Waals surface area contributed by atoms with Gasteiger partial charge in [-0.05, 0) is 80.6 Å². The molecular weight excluding hydrogens is 598 g/mol. The molecule has 3 amide bonds. The first-order valence-corrected chi connectivity index (χ1v) is 17.2. The molecule has 48 heavy (non-hydrogen) atoms. The lowest BCUT2D eigenvalue weighted by molar-refractivity contribution is -0.140. The molecule has 7 heteroatoms. The standard InChI is InChI=1S/C41H51N3O4/c1-7-8-9-10-16-25-44(39(46)36(27-31-17-12-11-13-18-31)43-40(47)48-41(4,5)6)37(35-26-29(2)21-22-30(35)3)38(45)42-34-24-23-32-19-14-15-20-33(32)28-34/h11-15,17-24,26,28,36-37H,7-10,16,25,27H2,1-6H3,(H,42,45)(H,43,47). The maximum atomic E-state index is 14.9. The summed E-state index contributed by atoms with van der Waals surface area (Å²) in [5.41, 5.74) is 3.44. The average Bonchev–Trinajstić information content (AvgIpc) is 3.04. The molecule has 0 saturated heterocycles. The Morgan fingerprint density at radius 2 is 1.48 bits per heavy atom. The summed E-state index contributed by atoms with van der Waals surface area (Å²) in [5, 5.41) is 8.09. The molecule has 0 saturated carbocycles. The number of ether oxygens (including phenoxy) is 1. The third-order valence-corrected chi connectivity index (χ3v) is 8.36. The van der Waals surface area contributed by atoms with E-state index < -0.39 is 23.8 Å². The first-order valence-electron chi connectivity index (χ1n) is 17.2. The zero-order chi connectivity index (χ0) is 34.7. The number of amides is 3. The molecule has 0 spiro atoms. The second-order valence-corrected chi connectivity index (χ2v) is 13.6. The fourth-order valence-electron chi connectivity index (χ4n) is 5.93. The van der Waals surface area contributed by atoms with E-state index in [2.05, 4.69) is 17.6 Å². The number of alkyl carbamates (subject to hydrolysis) is 1. The van der Waals surface area contributed by atoms with Gasteiger partial charge in [0.1, 0.15) is 17.7 Å². The average molecular weight is 650 g/mol. The normalized spacial score (nSPS) is 12.6. The van der Waals surface area contributed by atoms with Gasteiger partial charge in [-0.25, -0.2) is 4.79 Å². The van der Waals surface area contributed by atoms with Gasteiger partial charge in [0.05, 0.1) is 0 Å². The first kappa shape index (κ1) is 36.2.